The zero-order valence-corrected chi connectivity index (χ0v) is 12.6. The second-order valence-corrected chi connectivity index (χ2v) is 6.62. The third-order valence-electron chi connectivity index (χ3n) is 3.81. The summed E-state index contributed by atoms with van der Waals surface area (Å²) < 4.78 is 0. The molecule has 3 rings (SSSR count). The van der Waals surface area contributed by atoms with Crippen molar-refractivity contribution in [3.63, 3.8) is 0 Å². The molecule has 1 aliphatic carbocycles. The molecule has 0 bridgehead atoms. The number of aromatic amines is 1. The van der Waals surface area contributed by atoms with E-state index in [2.05, 4.69) is 29.4 Å². The zero-order valence-electron chi connectivity index (χ0n) is 11.8. The predicted octanol–water partition coefficient (Wildman–Crippen LogP) is 2.88. The van der Waals surface area contributed by atoms with Crippen molar-refractivity contribution in [2.75, 3.05) is 0 Å². The lowest BCUT2D eigenvalue weighted by Crippen LogP contribution is -2.38. The molecular formula is C15H19N3OS. The van der Waals surface area contributed by atoms with Crippen LogP contribution in [0.1, 0.15) is 52.7 Å². The molecule has 0 aromatic carbocycles. The smallest absolute Gasteiger partial charge is 0.252 e. The van der Waals surface area contributed by atoms with E-state index < -0.39 is 0 Å². The number of nitrogens with one attached hydrogen (secondary N) is 2. The first-order valence-electron chi connectivity index (χ1n) is 7.04. The Balaban J connectivity index is 1.64. The number of carbonyl (C=O) groups is 1. The van der Waals surface area contributed by atoms with Crippen LogP contribution < -0.4 is 5.32 Å². The van der Waals surface area contributed by atoms with Gasteiger partial charge in [0.05, 0.1) is 11.8 Å². The van der Waals surface area contributed by atoms with E-state index >= 15 is 0 Å². The van der Waals surface area contributed by atoms with Gasteiger partial charge in [0.15, 0.2) is 0 Å². The van der Waals surface area contributed by atoms with Gasteiger partial charge in [0.1, 0.15) is 0 Å². The second-order valence-electron chi connectivity index (χ2n) is 5.68. The molecule has 106 valence electrons. The summed E-state index contributed by atoms with van der Waals surface area (Å²) in [5, 5.41) is 12.2. The first kappa shape index (κ1) is 13.4. The molecule has 4 nitrogen and oxygen atoms in total. The van der Waals surface area contributed by atoms with Gasteiger partial charge in [0.2, 0.25) is 0 Å². The number of aromatic nitrogens is 2. The van der Waals surface area contributed by atoms with Crippen LogP contribution in [0.3, 0.4) is 0 Å². The summed E-state index contributed by atoms with van der Waals surface area (Å²) in [6.07, 6.45) is 4.71. The Bertz CT molecular complexity index is 614. The molecule has 0 saturated carbocycles. The fourth-order valence-electron chi connectivity index (χ4n) is 2.57. The van der Waals surface area contributed by atoms with Gasteiger partial charge in [-0.1, -0.05) is 13.8 Å². The van der Waals surface area contributed by atoms with Crippen LogP contribution in [0.2, 0.25) is 0 Å². The first-order chi connectivity index (χ1) is 9.63. The van der Waals surface area contributed by atoms with E-state index in [0.717, 1.165) is 30.5 Å². The van der Waals surface area contributed by atoms with Gasteiger partial charge in [-0.25, -0.2) is 0 Å². The number of hydrogen-bond donors (Lipinski definition) is 2. The van der Waals surface area contributed by atoms with Crippen molar-refractivity contribution in [3.8, 4) is 0 Å². The van der Waals surface area contributed by atoms with Crippen molar-refractivity contribution in [1.29, 1.82) is 0 Å². The number of thiophene rings is 1. The summed E-state index contributed by atoms with van der Waals surface area (Å²) >= 11 is 1.66. The molecule has 2 heterocycles. The number of amides is 1. The van der Waals surface area contributed by atoms with Crippen molar-refractivity contribution in [3.05, 3.63) is 39.3 Å². The quantitative estimate of drug-likeness (QED) is 0.913. The maximum Gasteiger partial charge on any atom is 0.252 e. The number of aryl methyl sites for hydroxylation is 1. The summed E-state index contributed by atoms with van der Waals surface area (Å²) in [5.74, 6) is 0.518. The molecule has 2 N–H and O–H groups in total. The Kier molecular flexibility index (Phi) is 3.61. The molecular weight excluding hydrogens is 270 g/mol. The number of carbonyl (C=O) groups excluding carboxylic acids is 1. The lowest BCUT2D eigenvalue weighted by atomic mass is 9.93. The number of rotatable bonds is 3. The van der Waals surface area contributed by atoms with Gasteiger partial charge in [-0.15, -0.1) is 11.3 Å². The largest absolute Gasteiger partial charge is 0.349 e. The maximum atomic E-state index is 12.3. The van der Waals surface area contributed by atoms with Crippen LogP contribution in [0.25, 0.3) is 0 Å². The number of H-pyrrole nitrogens is 1. The highest BCUT2D eigenvalue weighted by Gasteiger charge is 2.22. The Morgan fingerprint density at radius 3 is 3.15 bits per heavy atom. The van der Waals surface area contributed by atoms with Crippen LogP contribution in [-0.4, -0.2) is 22.1 Å². The Morgan fingerprint density at radius 2 is 2.40 bits per heavy atom. The highest BCUT2D eigenvalue weighted by atomic mass is 32.1. The van der Waals surface area contributed by atoms with Crippen LogP contribution in [-0.2, 0) is 12.8 Å². The summed E-state index contributed by atoms with van der Waals surface area (Å²) in [6, 6.07) is 2.22. The van der Waals surface area contributed by atoms with Crippen molar-refractivity contribution < 1.29 is 4.79 Å². The standard InChI is InChI=1S/C15H19N3OS/c1-9(2)14-5-11(8-20-14)15(19)17-12-4-3-10-7-16-18-13(10)6-12/h5,7-9,12H,3-4,6H2,1-2H3,(H,16,18)(H,17,19). The van der Waals surface area contributed by atoms with Crippen LogP contribution in [0.15, 0.2) is 17.6 Å². The lowest BCUT2D eigenvalue weighted by Gasteiger charge is -2.22. The minimum atomic E-state index is 0.0427. The van der Waals surface area contributed by atoms with Crippen LogP contribution in [0, 0.1) is 0 Å². The number of nitrogens with zero attached hydrogens (tertiary/aromatic N) is 1. The predicted molar refractivity (Wildman–Crippen MR) is 80.3 cm³/mol. The lowest BCUT2D eigenvalue weighted by molar-refractivity contribution is 0.0934. The Labute approximate surface area is 122 Å². The van der Waals surface area contributed by atoms with E-state index in [4.69, 9.17) is 0 Å². The molecule has 0 radical (unpaired) electrons. The summed E-state index contributed by atoms with van der Waals surface area (Å²) in [4.78, 5) is 13.5. The molecule has 0 spiro atoms. The Hall–Kier alpha value is -1.62. The molecule has 2 aromatic rings. The van der Waals surface area contributed by atoms with E-state index in [0.29, 0.717) is 5.92 Å². The van der Waals surface area contributed by atoms with Crippen LogP contribution in [0.4, 0.5) is 0 Å². The van der Waals surface area contributed by atoms with Crippen molar-refractivity contribution in [2.24, 2.45) is 0 Å². The third kappa shape index (κ3) is 2.63. The highest BCUT2D eigenvalue weighted by Crippen LogP contribution is 2.24. The topological polar surface area (TPSA) is 57.8 Å². The minimum absolute atomic E-state index is 0.0427. The molecule has 0 saturated heterocycles. The van der Waals surface area contributed by atoms with Gasteiger partial charge in [-0.3, -0.25) is 9.89 Å². The normalized spacial score (nSPS) is 18.1. The molecule has 5 heteroatoms. The van der Waals surface area contributed by atoms with Crippen molar-refractivity contribution in [2.45, 2.75) is 45.1 Å². The third-order valence-corrected chi connectivity index (χ3v) is 5.04. The fourth-order valence-corrected chi connectivity index (χ4v) is 3.48. The summed E-state index contributed by atoms with van der Waals surface area (Å²) in [6.45, 7) is 4.29. The Morgan fingerprint density at radius 1 is 1.55 bits per heavy atom. The molecule has 1 atom stereocenters. The molecule has 1 unspecified atom stereocenters. The minimum Gasteiger partial charge on any atom is -0.349 e. The maximum absolute atomic E-state index is 12.3. The van der Waals surface area contributed by atoms with Crippen LogP contribution in [0.5, 0.6) is 0 Å². The van der Waals surface area contributed by atoms with E-state index in [9.17, 15) is 4.79 Å². The van der Waals surface area contributed by atoms with Gasteiger partial charge < -0.3 is 5.32 Å². The van der Waals surface area contributed by atoms with Crippen LogP contribution >= 0.6 is 11.3 Å². The van der Waals surface area contributed by atoms with E-state index in [-0.39, 0.29) is 11.9 Å². The van der Waals surface area contributed by atoms with E-state index in [1.807, 2.05) is 17.6 Å². The summed E-state index contributed by atoms with van der Waals surface area (Å²) in [5.41, 5.74) is 3.23. The average molecular weight is 289 g/mol. The van der Waals surface area contributed by atoms with Crippen molar-refractivity contribution >= 4 is 17.2 Å². The average Bonchev–Trinajstić information content (AvgIpc) is 3.07. The SMILES string of the molecule is CC(C)c1cc(C(=O)NC2CCc3cn[nH]c3C2)cs1. The molecule has 1 aliphatic rings. The van der Waals surface area contributed by atoms with E-state index in [1.165, 1.54) is 10.4 Å². The second kappa shape index (κ2) is 5.40. The zero-order chi connectivity index (χ0) is 14.1. The highest BCUT2D eigenvalue weighted by molar-refractivity contribution is 7.10. The summed E-state index contributed by atoms with van der Waals surface area (Å²) in [7, 11) is 0. The van der Waals surface area contributed by atoms with Gasteiger partial charge in [0, 0.05) is 28.4 Å². The number of fused-ring (bicyclic) bond motifs is 1. The van der Waals surface area contributed by atoms with Gasteiger partial charge >= 0.3 is 0 Å². The molecule has 2 aromatic heterocycles. The monoisotopic (exact) mass is 289 g/mol. The first-order valence-corrected chi connectivity index (χ1v) is 7.92. The molecule has 0 aliphatic heterocycles. The fraction of sp³-hybridized carbons (Fsp3) is 0.467. The van der Waals surface area contributed by atoms with Crippen molar-refractivity contribution in [1.82, 2.24) is 15.5 Å². The molecule has 0 fully saturated rings. The van der Waals surface area contributed by atoms with E-state index in [1.54, 1.807) is 11.3 Å². The van der Waals surface area contributed by atoms with Gasteiger partial charge in [-0.2, -0.15) is 5.10 Å². The molecule has 1 amide bonds. The number of hydrogen-bond acceptors (Lipinski definition) is 3. The molecule has 20 heavy (non-hydrogen) atoms. The van der Waals surface area contributed by atoms with Gasteiger partial charge in [0.25, 0.3) is 5.91 Å². The van der Waals surface area contributed by atoms with Gasteiger partial charge in [-0.05, 0) is 30.4 Å².